The molecule has 5 nitrogen and oxygen atoms in total. The molecule has 110 valence electrons. The third-order valence-electron chi connectivity index (χ3n) is 3.58. The van der Waals surface area contributed by atoms with E-state index in [0.717, 1.165) is 41.7 Å². The lowest BCUT2D eigenvalue weighted by molar-refractivity contribution is 0.0364. The largest absolute Gasteiger partial charge is 0.368 e. The van der Waals surface area contributed by atoms with Crippen LogP contribution < -0.4 is 4.90 Å². The minimum absolute atomic E-state index is 0.0243. The molecule has 5 heteroatoms. The molecule has 2 aromatic rings. The van der Waals surface area contributed by atoms with Gasteiger partial charge in [-0.3, -0.25) is 4.98 Å². The maximum absolute atomic E-state index is 5.86. The van der Waals surface area contributed by atoms with Crippen LogP contribution in [-0.4, -0.2) is 34.6 Å². The number of pyridine rings is 1. The second-order valence-corrected chi connectivity index (χ2v) is 5.52. The van der Waals surface area contributed by atoms with Crippen molar-refractivity contribution < 1.29 is 4.74 Å². The molecule has 2 aromatic heterocycles. The molecule has 1 atom stereocenters. The second-order valence-electron chi connectivity index (χ2n) is 5.52. The zero-order chi connectivity index (χ0) is 14.8. The predicted octanol–water partition coefficient (Wildman–Crippen LogP) is 2.37. The highest BCUT2D eigenvalue weighted by Crippen LogP contribution is 2.23. The Morgan fingerprint density at radius 2 is 1.90 bits per heavy atom. The molecule has 1 aliphatic heterocycles. The molecule has 1 aliphatic rings. The number of aryl methyl sites for hydroxylation is 3. The Labute approximate surface area is 125 Å². The van der Waals surface area contributed by atoms with Gasteiger partial charge in [-0.15, -0.1) is 0 Å². The summed E-state index contributed by atoms with van der Waals surface area (Å²) in [5.74, 6) is 0.785. The summed E-state index contributed by atoms with van der Waals surface area (Å²) in [5, 5.41) is 0. The van der Waals surface area contributed by atoms with Crippen LogP contribution in [0.4, 0.5) is 5.95 Å². The van der Waals surface area contributed by atoms with Gasteiger partial charge in [0.15, 0.2) is 0 Å². The molecule has 0 bridgehead atoms. The Bertz CT molecular complexity index is 606. The topological polar surface area (TPSA) is 51.1 Å². The highest BCUT2D eigenvalue weighted by Gasteiger charge is 2.24. The monoisotopic (exact) mass is 284 g/mol. The van der Waals surface area contributed by atoms with Crippen LogP contribution in [0.3, 0.4) is 0 Å². The van der Waals surface area contributed by atoms with Crippen LogP contribution in [-0.2, 0) is 4.74 Å². The molecule has 0 spiro atoms. The fraction of sp³-hybridized carbons (Fsp3) is 0.438. The van der Waals surface area contributed by atoms with Crippen molar-refractivity contribution in [1.29, 1.82) is 0 Å². The zero-order valence-electron chi connectivity index (χ0n) is 12.7. The maximum Gasteiger partial charge on any atom is 0.225 e. The van der Waals surface area contributed by atoms with E-state index in [-0.39, 0.29) is 6.10 Å². The molecule has 0 N–H and O–H groups in total. The van der Waals surface area contributed by atoms with Crippen LogP contribution in [0.5, 0.6) is 0 Å². The average Bonchev–Trinajstić information content (AvgIpc) is 2.47. The molecule has 0 unspecified atom stereocenters. The Morgan fingerprint density at radius 1 is 1.14 bits per heavy atom. The molecular formula is C16H20N4O. The first kappa shape index (κ1) is 13.9. The highest BCUT2D eigenvalue weighted by molar-refractivity contribution is 5.33. The van der Waals surface area contributed by atoms with Crippen molar-refractivity contribution in [1.82, 2.24) is 15.0 Å². The minimum Gasteiger partial charge on any atom is -0.368 e. The second kappa shape index (κ2) is 5.77. The molecule has 1 fully saturated rings. The summed E-state index contributed by atoms with van der Waals surface area (Å²) in [7, 11) is 0. The quantitative estimate of drug-likeness (QED) is 0.847. The van der Waals surface area contributed by atoms with E-state index in [1.54, 1.807) is 0 Å². The third-order valence-corrected chi connectivity index (χ3v) is 3.58. The molecule has 0 saturated carbocycles. The van der Waals surface area contributed by atoms with Crippen LogP contribution in [0, 0.1) is 20.8 Å². The van der Waals surface area contributed by atoms with E-state index < -0.39 is 0 Å². The van der Waals surface area contributed by atoms with E-state index in [9.17, 15) is 0 Å². The first-order chi connectivity index (χ1) is 10.1. The van der Waals surface area contributed by atoms with Gasteiger partial charge in [0.2, 0.25) is 5.95 Å². The Hall–Kier alpha value is -2.01. The van der Waals surface area contributed by atoms with Gasteiger partial charge in [-0.1, -0.05) is 6.07 Å². The standard InChI is InChI=1S/C16H20N4O/c1-11-4-5-14(17-9-11)15-10-20(6-7-21-15)16-18-12(2)8-13(3)19-16/h4-5,8-9,15H,6-7,10H2,1-3H3/t15-/m0/s1. The fourth-order valence-electron chi connectivity index (χ4n) is 2.53. The predicted molar refractivity (Wildman–Crippen MR) is 81.4 cm³/mol. The lowest BCUT2D eigenvalue weighted by Crippen LogP contribution is -2.39. The summed E-state index contributed by atoms with van der Waals surface area (Å²) in [6.45, 7) is 8.24. The van der Waals surface area contributed by atoms with Crippen LogP contribution in [0.1, 0.15) is 28.7 Å². The van der Waals surface area contributed by atoms with Gasteiger partial charge in [-0.05, 0) is 38.5 Å². The van der Waals surface area contributed by atoms with Gasteiger partial charge in [-0.25, -0.2) is 9.97 Å². The van der Waals surface area contributed by atoms with E-state index in [0.29, 0.717) is 6.61 Å². The van der Waals surface area contributed by atoms with Crippen LogP contribution in [0.15, 0.2) is 24.4 Å². The van der Waals surface area contributed by atoms with Crippen molar-refractivity contribution in [3.05, 3.63) is 47.0 Å². The Morgan fingerprint density at radius 3 is 2.57 bits per heavy atom. The molecule has 3 heterocycles. The van der Waals surface area contributed by atoms with Gasteiger partial charge in [-0.2, -0.15) is 0 Å². The number of hydrogen-bond acceptors (Lipinski definition) is 5. The van der Waals surface area contributed by atoms with Crippen molar-refractivity contribution in [2.24, 2.45) is 0 Å². The number of rotatable bonds is 2. The molecule has 0 amide bonds. The third kappa shape index (κ3) is 3.19. The molecule has 0 radical (unpaired) electrons. The van der Waals surface area contributed by atoms with Gasteiger partial charge in [0.1, 0.15) is 6.10 Å². The summed E-state index contributed by atoms with van der Waals surface area (Å²) in [5.41, 5.74) is 4.11. The molecule has 3 rings (SSSR count). The van der Waals surface area contributed by atoms with Gasteiger partial charge in [0.25, 0.3) is 0 Å². The van der Waals surface area contributed by atoms with Crippen LogP contribution >= 0.6 is 0 Å². The fourth-order valence-corrected chi connectivity index (χ4v) is 2.53. The number of aromatic nitrogens is 3. The van der Waals surface area contributed by atoms with Crippen LogP contribution in [0.25, 0.3) is 0 Å². The molecule has 0 aliphatic carbocycles. The van der Waals surface area contributed by atoms with Gasteiger partial charge in [0.05, 0.1) is 18.8 Å². The summed E-state index contributed by atoms with van der Waals surface area (Å²) in [6, 6.07) is 6.09. The number of anilines is 1. The van der Waals surface area contributed by atoms with E-state index >= 15 is 0 Å². The van der Waals surface area contributed by atoms with E-state index in [1.807, 2.05) is 39.1 Å². The van der Waals surface area contributed by atoms with Gasteiger partial charge >= 0.3 is 0 Å². The van der Waals surface area contributed by atoms with Crippen molar-refractivity contribution in [3.8, 4) is 0 Å². The molecule has 1 saturated heterocycles. The lowest BCUT2D eigenvalue weighted by Gasteiger charge is -2.32. The van der Waals surface area contributed by atoms with Crippen molar-refractivity contribution in [2.45, 2.75) is 26.9 Å². The van der Waals surface area contributed by atoms with E-state index in [1.165, 1.54) is 0 Å². The van der Waals surface area contributed by atoms with Crippen LogP contribution in [0.2, 0.25) is 0 Å². The Balaban J connectivity index is 1.80. The van der Waals surface area contributed by atoms with Crippen molar-refractivity contribution in [2.75, 3.05) is 24.6 Å². The normalized spacial score (nSPS) is 18.8. The van der Waals surface area contributed by atoms with Crippen molar-refractivity contribution >= 4 is 5.95 Å². The zero-order valence-corrected chi connectivity index (χ0v) is 12.7. The number of hydrogen-bond donors (Lipinski definition) is 0. The number of ether oxygens (including phenoxy) is 1. The lowest BCUT2D eigenvalue weighted by atomic mass is 10.1. The molecule has 21 heavy (non-hydrogen) atoms. The van der Waals surface area contributed by atoms with Crippen molar-refractivity contribution in [3.63, 3.8) is 0 Å². The minimum atomic E-state index is -0.0243. The summed E-state index contributed by atoms with van der Waals surface area (Å²) in [6.07, 6.45) is 1.86. The van der Waals surface area contributed by atoms with Gasteiger partial charge in [0, 0.05) is 24.1 Å². The molecular weight excluding hydrogens is 264 g/mol. The van der Waals surface area contributed by atoms with Gasteiger partial charge < -0.3 is 9.64 Å². The summed E-state index contributed by atoms with van der Waals surface area (Å²) in [4.78, 5) is 15.7. The first-order valence-electron chi connectivity index (χ1n) is 7.23. The highest BCUT2D eigenvalue weighted by atomic mass is 16.5. The first-order valence-corrected chi connectivity index (χ1v) is 7.23. The average molecular weight is 284 g/mol. The van der Waals surface area contributed by atoms with E-state index in [2.05, 4.69) is 25.9 Å². The Kier molecular flexibility index (Phi) is 3.84. The number of nitrogens with zero attached hydrogens (tertiary/aromatic N) is 4. The SMILES string of the molecule is Cc1ccc([C@@H]2CN(c3nc(C)cc(C)n3)CCO2)nc1. The number of morpholine rings is 1. The smallest absolute Gasteiger partial charge is 0.225 e. The van der Waals surface area contributed by atoms with E-state index in [4.69, 9.17) is 4.74 Å². The summed E-state index contributed by atoms with van der Waals surface area (Å²) < 4.78 is 5.86. The maximum atomic E-state index is 5.86. The summed E-state index contributed by atoms with van der Waals surface area (Å²) >= 11 is 0. The molecule has 0 aromatic carbocycles.